The monoisotopic (exact) mass is 413 g/mol. The zero-order valence-corrected chi connectivity index (χ0v) is 18.0. The molecule has 4 heterocycles. The van der Waals surface area contributed by atoms with E-state index in [9.17, 15) is 5.11 Å². The van der Waals surface area contributed by atoms with Gasteiger partial charge in [-0.2, -0.15) is 0 Å². The Bertz CT molecular complexity index is 1050. The Balaban J connectivity index is 1.50. The Morgan fingerprint density at radius 1 is 1.13 bits per heavy atom. The van der Waals surface area contributed by atoms with E-state index in [1.807, 2.05) is 36.5 Å². The van der Waals surface area contributed by atoms with E-state index in [4.69, 9.17) is 0 Å². The Morgan fingerprint density at radius 3 is 2.71 bits per heavy atom. The van der Waals surface area contributed by atoms with Gasteiger partial charge >= 0.3 is 0 Å². The summed E-state index contributed by atoms with van der Waals surface area (Å²) in [5.41, 5.74) is 2.14. The fourth-order valence-electron chi connectivity index (χ4n) is 5.69. The van der Waals surface area contributed by atoms with Crippen LogP contribution in [-0.4, -0.2) is 40.7 Å². The lowest BCUT2D eigenvalue weighted by Crippen LogP contribution is -2.63. The molecule has 31 heavy (non-hydrogen) atoms. The van der Waals surface area contributed by atoms with Gasteiger partial charge in [-0.1, -0.05) is 54.6 Å². The van der Waals surface area contributed by atoms with Crippen LogP contribution >= 0.6 is 0 Å². The van der Waals surface area contributed by atoms with E-state index in [2.05, 4.69) is 58.2 Å². The van der Waals surface area contributed by atoms with Gasteiger partial charge in [0.1, 0.15) is 5.60 Å². The minimum absolute atomic E-state index is 0.0801. The second-order valence-corrected chi connectivity index (χ2v) is 9.08. The maximum atomic E-state index is 12.4. The summed E-state index contributed by atoms with van der Waals surface area (Å²) in [6.07, 6.45) is 6.14. The van der Waals surface area contributed by atoms with Crippen LogP contribution in [0.2, 0.25) is 0 Å². The summed E-state index contributed by atoms with van der Waals surface area (Å²) in [6.45, 7) is 7.33. The molecule has 2 aromatic carbocycles. The molecule has 6 rings (SSSR count). The highest BCUT2D eigenvalue weighted by Crippen LogP contribution is 2.44. The van der Waals surface area contributed by atoms with Crippen LogP contribution in [-0.2, 0) is 12.1 Å². The molecule has 5 atom stereocenters. The molecule has 0 aliphatic carbocycles. The summed E-state index contributed by atoms with van der Waals surface area (Å²) in [7, 11) is 0. The average molecular weight is 414 g/mol. The molecule has 1 aromatic heterocycles. The van der Waals surface area contributed by atoms with Crippen LogP contribution in [0.3, 0.4) is 0 Å². The number of pyridine rings is 1. The van der Waals surface area contributed by atoms with Crippen molar-refractivity contribution in [3.05, 3.63) is 90.6 Å². The summed E-state index contributed by atoms with van der Waals surface area (Å²) < 4.78 is 0. The zero-order valence-electron chi connectivity index (χ0n) is 18.0. The molecule has 160 valence electrons. The summed E-state index contributed by atoms with van der Waals surface area (Å²) >= 11 is 0. The SMILES string of the molecule is C=C[C@H]1CN2CC[C@H]1C[C@@H]2[C@@](O)(CNCc1ccccc1)c1ccnc2ccccc12. The summed E-state index contributed by atoms with van der Waals surface area (Å²) in [5.74, 6) is 1.13. The van der Waals surface area contributed by atoms with Crippen molar-refractivity contribution in [2.24, 2.45) is 11.8 Å². The van der Waals surface area contributed by atoms with Crippen LogP contribution < -0.4 is 5.32 Å². The number of hydrogen-bond acceptors (Lipinski definition) is 4. The predicted molar refractivity (Wildman–Crippen MR) is 126 cm³/mol. The van der Waals surface area contributed by atoms with Gasteiger partial charge in [-0.15, -0.1) is 6.58 Å². The fraction of sp³-hybridized carbons (Fsp3) is 0.370. The zero-order chi connectivity index (χ0) is 21.3. The fourth-order valence-corrected chi connectivity index (χ4v) is 5.69. The van der Waals surface area contributed by atoms with Gasteiger partial charge in [0.05, 0.1) is 5.52 Å². The number of benzene rings is 2. The van der Waals surface area contributed by atoms with Gasteiger partial charge in [0.2, 0.25) is 0 Å². The van der Waals surface area contributed by atoms with E-state index >= 15 is 0 Å². The topological polar surface area (TPSA) is 48.4 Å². The highest BCUT2D eigenvalue weighted by atomic mass is 16.3. The molecule has 3 aromatic rings. The van der Waals surface area contributed by atoms with Crippen molar-refractivity contribution in [3.63, 3.8) is 0 Å². The van der Waals surface area contributed by atoms with Crippen molar-refractivity contribution in [2.75, 3.05) is 19.6 Å². The molecule has 0 amide bonds. The highest BCUT2D eigenvalue weighted by molar-refractivity contribution is 5.83. The lowest BCUT2D eigenvalue weighted by Gasteiger charge is -2.54. The normalized spacial score (nSPS) is 27.1. The highest BCUT2D eigenvalue weighted by Gasteiger charge is 2.49. The van der Waals surface area contributed by atoms with E-state index in [1.54, 1.807) is 0 Å². The van der Waals surface area contributed by atoms with Gasteiger partial charge in [0.25, 0.3) is 0 Å². The molecule has 3 aliphatic rings. The largest absolute Gasteiger partial charge is 0.382 e. The van der Waals surface area contributed by atoms with Gasteiger partial charge in [0.15, 0.2) is 0 Å². The van der Waals surface area contributed by atoms with Crippen molar-refractivity contribution < 1.29 is 5.11 Å². The van der Waals surface area contributed by atoms with Crippen LogP contribution in [0.25, 0.3) is 10.9 Å². The Morgan fingerprint density at radius 2 is 1.94 bits per heavy atom. The first-order chi connectivity index (χ1) is 15.2. The molecular weight excluding hydrogens is 382 g/mol. The number of hydrogen-bond donors (Lipinski definition) is 2. The van der Waals surface area contributed by atoms with Crippen molar-refractivity contribution >= 4 is 10.9 Å². The minimum atomic E-state index is -0.998. The van der Waals surface area contributed by atoms with Crippen LogP contribution in [0.4, 0.5) is 0 Å². The first kappa shape index (κ1) is 20.4. The molecule has 3 fully saturated rings. The van der Waals surface area contributed by atoms with Crippen molar-refractivity contribution in [1.82, 2.24) is 15.2 Å². The predicted octanol–water partition coefficient (Wildman–Crippen LogP) is 4.11. The number of rotatable bonds is 7. The van der Waals surface area contributed by atoms with E-state index in [0.717, 1.165) is 42.5 Å². The molecule has 2 bridgehead atoms. The van der Waals surface area contributed by atoms with Crippen LogP contribution in [0, 0.1) is 11.8 Å². The lowest BCUT2D eigenvalue weighted by molar-refractivity contribution is -0.107. The third kappa shape index (κ3) is 3.80. The van der Waals surface area contributed by atoms with Gasteiger partial charge in [-0.3, -0.25) is 9.88 Å². The minimum Gasteiger partial charge on any atom is -0.382 e. The number of aliphatic hydroxyl groups is 1. The van der Waals surface area contributed by atoms with Gasteiger partial charge < -0.3 is 10.4 Å². The quantitative estimate of drug-likeness (QED) is 0.573. The van der Waals surface area contributed by atoms with Gasteiger partial charge in [0, 0.05) is 37.3 Å². The molecule has 3 aliphatic heterocycles. The molecule has 0 radical (unpaired) electrons. The summed E-state index contributed by atoms with van der Waals surface area (Å²) in [6, 6.07) is 20.6. The van der Waals surface area contributed by atoms with Crippen molar-refractivity contribution in [1.29, 1.82) is 0 Å². The number of para-hydroxylation sites is 1. The van der Waals surface area contributed by atoms with E-state index in [0.29, 0.717) is 18.4 Å². The number of aromatic nitrogens is 1. The van der Waals surface area contributed by atoms with Crippen molar-refractivity contribution in [3.8, 4) is 0 Å². The van der Waals surface area contributed by atoms with Crippen molar-refractivity contribution in [2.45, 2.75) is 31.0 Å². The second kappa shape index (κ2) is 8.54. The first-order valence-electron chi connectivity index (χ1n) is 11.4. The van der Waals surface area contributed by atoms with E-state index in [-0.39, 0.29) is 6.04 Å². The first-order valence-corrected chi connectivity index (χ1v) is 11.4. The smallest absolute Gasteiger partial charge is 0.118 e. The third-order valence-electron chi connectivity index (χ3n) is 7.34. The Kier molecular flexibility index (Phi) is 5.61. The molecule has 0 saturated carbocycles. The average Bonchev–Trinajstić information content (AvgIpc) is 2.84. The van der Waals surface area contributed by atoms with E-state index in [1.165, 1.54) is 12.0 Å². The Hall–Kier alpha value is -2.53. The number of nitrogens with zero attached hydrogens (tertiary/aromatic N) is 2. The summed E-state index contributed by atoms with van der Waals surface area (Å²) in [5, 5.41) is 17.0. The van der Waals surface area contributed by atoms with Gasteiger partial charge in [-0.25, -0.2) is 0 Å². The maximum absolute atomic E-state index is 12.4. The second-order valence-electron chi connectivity index (χ2n) is 9.08. The number of piperidine rings is 3. The van der Waals surface area contributed by atoms with Crippen LogP contribution in [0.15, 0.2) is 79.5 Å². The van der Waals surface area contributed by atoms with Gasteiger partial charge in [-0.05, 0) is 54.5 Å². The summed E-state index contributed by atoms with van der Waals surface area (Å²) in [4.78, 5) is 7.04. The lowest BCUT2D eigenvalue weighted by atomic mass is 9.69. The Labute approximate surface area is 184 Å². The molecule has 4 nitrogen and oxygen atoms in total. The third-order valence-corrected chi connectivity index (χ3v) is 7.34. The molecule has 2 N–H and O–H groups in total. The number of fused-ring (bicyclic) bond motifs is 4. The molecule has 0 spiro atoms. The molecule has 3 saturated heterocycles. The maximum Gasteiger partial charge on any atom is 0.118 e. The molecule has 1 unspecified atom stereocenters. The van der Waals surface area contributed by atoms with Crippen LogP contribution in [0.1, 0.15) is 24.0 Å². The number of nitrogens with one attached hydrogen (secondary N) is 1. The molecular formula is C27H31N3O. The van der Waals surface area contributed by atoms with E-state index < -0.39 is 5.60 Å². The standard InChI is InChI=1S/C27H31N3O/c1-2-21-18-30-15-13-22(21)16-26(30)27(31,19-28-17-20-8-4-3-5-9-20)24-12-14-29-25-11-7-6-10-23(24)25/h2-12,14,21-22,26,28,31H,1,13,15-19H2/t21-,22-,26+,27+/m0/s1. The molecule has 4 heteroatoms. The van der Waals surface area contributed by atoms with Crippen LogP contribution in [0.5, 0.6) is 0 Å².